The van der Waals surface area contributed by atoms with Crippen LogP contribution in [-0.2, 0) is 6.54 Å². The monoisotopic (exact) mass is 300 g/mol. The van der Waals surface area contributed by atoms with Crippen LogP contribution in [0.5, 0.6) is 0 Å². The molecule has 3 nitrogen and oxygen atoms in total. The highest BCUT2D eigenvalue weighted by molar-refractivity contribution is 6.31. The molecule has 108 valence electrons. The molecule has 3 aromatic rings. The van der Waals surface area contributed by atoms with E-state index >= 15 is 0 Å². The van der Waals surface area contributed by atoms with Crippen molar-refractivity contribution in [3.8, 4) is 11.3 Å². The van der Waals surface area contributed by atoms with Gasteiger partial charge in [0.15, 0.2) is 0 Å². The Bertz CT molecular complexity index is 780. The molecule has 0 aliphatic carbocycles. The lowest BCUT2D eigenvalue weighted by Crippen LogP contribution is -1.98. The van der Waals surface area contributed by atoms with E-state index in [1.807, 2.05) is 30.5 Å². The molecular formula is C17H17ClN2O. The molecule has 21 heavy (non-hydrogen) atoms. The fourth-order valence-corrected chi connectivity index (χ4v) is 2.82. The maximum absolute atomic E-state index is 9.06. The number of hydrogen-bond donors (Lipinski definition) is 1. The number of rotatable bonds is 4. The molecule has 2 heterocycles. The fourth-order valence-electron chi connectivity index (χ4n) is 2.65. The first-order chi connectivity index (χ1) is 10.2. The first-order valence-electron chi connectivity index (χ1n) is 7.02. The van der Waals surface area contributed by atoms with Gasteiger partial charge in [0.25, 0.3) is 0 Å². The first kappa shape index (κ1) is 14.1. The second-order valence-electron chi connectivity index (χ2n) is 5.14. The SMILES string of the molecule is Cc1cccnc1-c1cn(CCCO)c2ccc(Cl)cc12. The van der Waals surface area contributed by atoms with Gasteiger partial charge in [-0.1, -0.05) is 17.7 Å². The van der Waals surface area contributed by atoms with E-state index in [2.05, 4.69) is 28.7 Å². The van der Waals surface area contributed by atoms with E-state index in [1.54, 1.807) is 0 Å². The second-order valence-corrected chi connectivity index (χ2v) is 5.58. The van der Waals surface area contributed by atoms with E-state index in [1.165, 1.54) is 0 Å². The molecule has 0 saturated heterocycles. The van der Waals surface area contributed by atoms with Gasteiger partial charge in [-0.25, -0.2) is 0 Å². The molecule has 4 heteroatoms. The maximum Gasteiger partial charge on any atom is 0.0752 e. The van der Waals surface area contributed by atoms with E-state index in [-0.39, 0.29) is 6.61 Å². The Morgan fingerprint density at radius 2 is 2.14 bits per heavy atom. The van der Waals surface area contributed by atoms with Crippen LogP contribution in [0.1, 0.15) is 12.0 Å². The van der Waals surface area contributed by atoms with Gasteiger partial charge in [-0.3, -0.25) is 4.98 Å². The third-order valence-electron chi connectivity index (χ3n) is 3.66. The van der Waals surface area contributed by atoms with Crippen LogP contribution < -0.4 is 0 Å². The van der Waals surface area contributed by atoms with Crippen molar-refractivity contribution in [3.05, 3.63) is 53.3 Å². The van der Waals surface area contributed by atoms with Crippen molar-refractivity contribution in [1.82, 2.24) is 9.55 Å². The van der Waals surface area contributed by atoms with Gasteiger partial charge >= 0.3 is 0 Å². The predicted molar refractivity (Wildman–Crippen MR) is 86.6 cm³/mol. The zero-order valence-corrected chi connectivity index (χ0v) is 12.6. The maximum atomic E-state index is 9.06. The van der Waals surface area contributed by atoms with Crippen molar-refractivity contribution < 1.29 is 5.11 Å². The molecule has 0 spiro atoms. The summed E-state index contributed by atoms with van der Waals surface area (Å²) >= 11 is 6.16. The first-order valence-corrected chi connectivity index (χ1v) is 7.40. The van der Waals surface area contributed by atoms with Crippen LogP contribution in [0.3, 0.4) is 0 Å². The largest absolute Gasteiger partial charge is 0.396 e. The van der Waals surface area contributed by atoms with E-state index < -0.39 is 0 Å². The Morgan fingerprint density at radius 3 is 2.90 bits per heavy atom. The molecule has 0 amide bonds. The number of aryl methyl sites for hydroxylation is 2. The minimum atomic E-state index is 0.186. The Labute approximate surface area is 128 Å². The summed E-state index contributed by atoms with van der Waals surface area (Å²) in [5, 5.41) is 10.9. The summed E-state index contributed by atoms with van der Waals surface area (Å²) in [6, 6.07) is 9.90. The Balaban J connectivity index is 2.22. The average Bonchev–Trinajstić information content (AvgIpc) is 2.83. The van der Waals surface area contributed by atoms with Gasteiger partial charge in [0.2, 0.25) is 0 Å². The van der Waals surface area contributed by atoms with E-state index in [4.69, 9.17) is 16.7 Å². The van der Waals surface area contributed by atoms with Gasteiger partial charge in [-0.2, -0.15) is 0 Å². The van der Waals surface area contributed by atoms with Crippen LogP contribution >= 0.6 is 11.6 Å². The van der Waals surface area contributed by atoms with Crippen molar-refractivity contribution in [2.24, 2.45) is 0 Å². The molecule has 2 aromatic heterocycles. The second kappa shape index (κ2) is 5.88. The van der Waals surface area contributed by atoms with Crippen molar-refractivity contribution in [3.63, 3.8) is 0 Å². The molecular weight excluding hydrogens is 284 g/mol. The van der Waals surface area contributed by atoms with Gasteiger partial charge in [0.1, 0.15) is 0 Å². The number of aliphatic hydroxyl groups is 1. The summed E-state index contributed by atoms with van der Waals surface area (Å²) in [4.78, 5) is 4.52. The van der Waals surface area contributed by atoms with E-state index in [0.717, 1.165) is 45.7 Å². The number of fused-ring (bicyclic) bond motifs is 1. The highest BCUT2D eigenvalue weighted by Crippen LogP contribution is 2.33. The number of pyridine rings is 1. The zero-order valence-electron chi connectivity index (χ0n) is 11.9. The van der Waals surface area contributed by atoms with Gasteiger partial charge in [-0.05, 0) is 43.2 Å². The fraction of sp³-hybridized carbons (Fsp3) is 0.235. The summed E-state index contributed by atoms with van der Waals surface area (Å²) < 4.78 is 2.16. The highest BCUT2D eigenvalue weighted by Gasteiger charge is 2.13. The Morgan fingerprint density at radius 1 is 1.29 bits per heavy atom. The van der Waals surface area contributed by atoms with Crippen molar-refractivity contribution in [1.29, 1.82) is 0 Å². The topological polar surface area (TPSA) is 38.0 Å². The molecule has 0 atom stereocenters. The normalized spacial score (nSPS) is 11.2. The lowest BCUT2D eigenvalue weighted by Gasteiger charge is -2.03. The molecule has 0 aliphatic rings. The van der Waals surface area contributed by atoms with Gasteiger partial charge in [-0.15, -0.1) is 0 Å². The molecule has 0 fully saturated rings. The number of aromatic nitrogens is 2. The van der Waals surface area contributed by atoms with Crippen LogP contribution in [-0.4, -0.2) is 21.3 Å². The van der Waals surface area contributed by atoms with E-state index in [9.17, 15) is 0 Å². The van der Waals surface area contributed by atoms with Crippen LogP contribution in [0.25, 0.3) is 22.2 Å². The predicted octanol–water partition coefficient (Wildman–Crippen LogP) is 4.05. The van der Waals surface area contributed by atoms with Gasteiger partial charge < -0.3 is 9.67 Å². The zero-order chi connectivity index (χ0) is 14.8. The average molecular weight is 301 g/mol. The Hall–Kier alpha value is -1.84. The van der Waals surface area contributed by atoms with Crippen molar-refractivity contribution in [2.75, 3.05) is 6.61 Å². The van der Waals surface area contributed by atoms with Gasteiger partial charge in [0, 0.05) is 47.0 Å². The minimum Gasteiger partial charge on any atom is -0.396 e. The minimum absolute atomic E-state index is 0.186. The number of benzene rings is 1. The summed E-state index contributed by atoms with van der Waals surface area (Å²) in [5.41, 5.74) is 4.32. The summed E-state index contributed by atoms with van der Waals surface area (Å²) in [6.07, 6.45) is 4.64. The Kier molecular flexibility index (Phi) is 3.95. The summed E-state index contributed by atoms with van der Waals surface area (Å²) in [5.74, 6) is 0. The van der Waals surface area contributed by atoms with Crippen molar-refractivity contribution >= 4 is 22.5 Å². The molecule has 0 unspecified atom stereocenters. The quantitative estimate of drug-likeness (QED) is 0.789. The number of nitrogens with zero attached hydrogens (tertiary/aromatic N) is 2. The molecule has 1 N–H and O–H groups in total. The highest BCUT2D eigenvalue weighted by atomic mass is 35.5. The third kappa shape index (κ3) is 2.67. The third-order valence-corrected chi connectivity index (χ3v) is 3.90. The van der Waals surface area contributed by atoms with E-state index in [0.29, 0.717) is 0 Å². The van der Waals surface area contributed by atoms with Crippen LogP contribution in [0, 0.1) is 6.92 Å². The lowest BCUT2D eigenvalue weighted by atomic mass is 10.1. The van der Waals surface area contributed by atoms with Crippen molar-refractivity contribution in [2.45, 2.75) is 19.9 Å². The number of hydrogen-bond acceptors (Lipinski definition) is 2. The smallest absolute Gasteiger partial charge is 0.0752 e. The van der Waals surface area contributed by atoms with Crippen LogP contribution in [0.2, 0.25) is 5.02 Å². The molecule has 0 saturated carbocycles. The number of aliphatic hydroxyl groups excluding tert-OH is 1. The molecule has 3 rings (SSSR count). The lowest BCUT2D eigenvalue weighted by molar-refractivity contribution is 0.280. The standard InChI is InChI=1S/C17H17ClN2O/c1-12-4-2-7-19-17(12)15-11-20(8-3-9-21)16-6-5-13(18)10-14(15)16/h2,4-7,10-11,21H,3,8-9H2,1H3. The molecule has 0 aliphatic heterocycles. The molecule has 0 radical (unpaired) electrons. The van der Waals surface area contributed by atoms with Gasteiger partial charge in [0.05, 0.1) is 5.69 Å². The van der Waals surface area contributed by atoms with Crippen LogP contribution in [0.15, 0.2) is 42.7 Å². The summed E-state index contributed by atoms with van der Waals surface area (Å²) in [6.45, 7) is 3.02. The molecule has 1 aromatic carbocycles. The summed E-state index contributed by atoms with van der Waals surface area (Å²) in [7, 11) is 0. The number of halogens is 1. The van der Waals surface area contributed by atoms with Crippen LogP contribution in [0.4, 0.5) is 0 Å². The molecule has 0 bridgehead atoms.